The van der Waals surface area contributed by atoms with E-state index in [0.717, 1.165) is 38.6 Å². The molecule has 1 saturated heterocycles. The zero-order valence-electron chi connectivity index (χ0n) is 12.4. The molecule has 2 saturated carbocycles. The zero-order valence-corrected chi connectivity index (χ0v) is 12.4. The van der Waals surface area contributed by atoms with Gasteiger partial charge in [0.1, 0.15) is 0 Å². The van der Waals surface area contributed by atoms with Crippen molar-refractivity contribution < 1.29 is 9.47 Å². The Bertz CT molecular complexity index is 291. The van der Waals surface area contributed by atoms with E-state index >= 15 is 0 Å². The van der Waals surface area contributed by atoms with E-state index in [1.165, 1.54) is 25.7 Å². The van der Waals surface area contributed by atoms with Crippen molar-refractivity contribution >= 4 is 0 Å². The van der Waals surface area contributed by atoms with Crippen molar-refractivity contribution in [1.29, 1.82) is 0 Å². The molecular weight excluding hydrogens is 240 g/mol. The smallest absolute Gasteiger partial charge is 0.168 e. The highest BCUT2D eigenvalue weighted by molar-refractivity contribution is 4.88. The largest absolute Gasteiger partial charge is 0.348 e. The van der Waals surface area contributed by atoms with Gasteiger partial charge in [-0.2, -0.15) is 0 Å². The summed E-state index contributed by atoms with van der Waals surface area (Å²) in [4.78, 5) is 2.53. The van der Waals surface area contributed by atoms with Crippen LogP contribution in [-0.2, 0) is 9.47 Å². The average Bonchev–Trinajstić information content (AvgIpc) is 3.19. The average molecular weight is 268 g/mol. The predicted molar refractivity (Wildman–Crippen MR) is 75.1 cm³/mol. The van der Waals surface area contributed by atoms with E-state index in [-0.39, 0.29) is 5.79 Å². The monoisotopic (exact) mass is 268 g/mol. The van der Waals surface area contributed by atoms with Gasteiger partial charge in [0, 0.05) is 37.5 Å². The first-order valence-corrected chi connectivity index (χ1v) is 7.92. The minimum atomic E-state index is -0.214. The summed E-state index contributed by atoms with van der Waals surface area (Å²) in [5, 5.41) is 3.74. The third kappa shape index (κ3) is 3.30. The van der Waals surface area contributed by atoms with E-state index in [1.807, 2.05) is 0 Å². The molecule has 3 aliphatic rings. The highest BCUT2D eigenvalue weighted by atomic mass is 16.7. The number of rotatable bonds is 5. The number of hydrogen-bond acceptors (Lipinski definition) is 4. The Hall–Kier alpha value is -0.160. The number of nitrogens with one attached hydrogen (secondary N) is 1. The second kappa shape index (κ2) is 5.68. The van der Waals surface area contributed by atoms with Crippen LogP contribution in [0, 0.1) is 0 Å². The molecule has 0 aromatic rings. The number of likely N-dealkylation sites (N-methyl/N-ethyl adjacent to an activating group) is 1. The van der Waals surface area contributed by atoms with Gasteiger partial charge in [-0.3, -0.25) is 4.90 Å². The highest BCUT2D eigenvalue weighted by Gasteiger charge is 2.40. The van der Waals surface area contributed by atoms with Crippen LogP contribution in [0.15, 0.2) is 0 Å². The number of nitrogens with zero attached hydrogens (tertiary/aromatic N) is 1. The fourth-order valence-electron chi connectivity index (χ4n) is 3.37. The van der Waals surface area contributed by atoms with Crippen molar-refractivity contribution in [3.63, 3.8) is 0 Å². The molecule has 4 nitrogen and oxygen atoms in total. The summed E-state index contributed by atoms with van der Waals surface area (Å²) in [7, 11) is 2.26. The second-order valence-electron chi connectivity index (χ2n) is 6.54. The molecule has 4 heteroatoms. The fraction of sp³-hybridized carbons (Fsp3) is 1.00. The van der Waals surface area contributed by atoms with Gasteiger partial charge < -0.3 is 14.8 Å². The van der Waals surface area contributed by atoms with Crippen LogP contribution in [0.25, 0.3) is 0 Å². The summed E-state index contributed by atoms with van der Waals surface area (Å²) in [6.45, 7) is 4.99. The molecule has 1 aliphatic heterocycles. The minimum Gasteiger partial charge on any atom is -0.348 e. The van der Waals surface area contributed by atoms with E-state index in [1.54, 1.807) is 0 Å². The van der Waals surface area contributed by atoms with Crippen molar-refractivity contribution in [3.8, 4) is 0 Å². The lowest BCUT2D eigenvalue weighted by Crippen LogP contribution is -2.46. The Kier molecular flexibility index (Phi) is 4.13. The quantitative estimate of drug-likeness (QED) is 0.823. The Balaban J connectivity index is 1.37. The Morgan fingerprint density at radius 2 is 1.79 bits per heavy atom. The maximum Gasteiger partial charge on any atom is 0.168 e. The summed E-state index contributed by atoms with van der Waals surface area (Å²) < 4.78 is 11.6. The molecule has 0 aromatic carbocycles. The lowest BCUT2D eigenvalue weighted by Gasteiger charge is -2.36. The van der Waals surface area contributed by atoms with E-state index in [9.17, 15) is 0 Å². The van der Waals surface area contributed by atoms with Gasteiger partial charge in [-0.15, -0.1) is 0 Å². The van der Waals surface area contributed by atoms with Gasteiger partial charge >= 0.3 is 0 Å². The van der Waals surface area contributed by atoms with Crippen molar-refractivity contribution in [3.05, 3.63) is 0 Å². The first-order valence-electron chi connectivity index (χ1n) is 7.92. The minimum absolute atomic E-state index is 0.214. The van der Waals surface area contributed by atoms with E-state index in [0.29, 0.717) is 12.1 Å². The van der Waals surface area contributed by atoms with Gasteiger partial charge in [0.2, 0.25) is 0 Å². The lowest BCUT2D eigenvalue weighted by molar-refractivity contribution is -0.179. The van der Waals surface area contributed by atoms with Crippen LogP contribution in [-0.4, -0.2) is 55.6 Å². The van der Waals surface area contributed by atoms with Crippen LogP contribution in [0.2, 0.25) is 0 Å². The van der Waals surface area contributed by atoms with Gasteiger partial charge in [-0.1, -0.05) is 0 Å². The molecule has 2 aliphatic carbocycles. The fourth-order valence-corrected chi connectivity index (χ4v) is 3.37. The molecule has 110 valence electrons. The molecule has 0 aromatic heterocycles. The molecule has 1 atom stereocenters. The molecule has 1 unspecified atom stereocenters. The number of hydrogen-bond donors (Lipinski definition) is 1. The van der Waals surface area contributed by atoms with Crippen LogP contribution >= 0.6 is 0 Å². The third-order valence-electron chi connectivity index (χ3n) is 5.08. The molecule has 3 fully saturated rings. The first kappa shape index (κ1) is 13.8. The van der Waals surface area contributed by atoms with E-state index in [2.05, 4.69) is 24.2 Å². The third-order valence-corrected chi connectivity index (χ3v) is 5.08. The van der Waals surface area contributed by atoms with E-state index in [4.69, 9.17) is 9.47 Å². The molecule has 3 rings (SSSR count). The van der Waals surface area contributed by atoms with Crippen molar-refractivity contribution in [1.82, 2.24) is 10.2 Å². The molecule has 0 radical (unpaired) electrons. The van der Waals surface area contributed by atoms with Gasteiger partial charge in [-0.25, -0.2) is 0 Å². The van der Waals surface area contributed by atoms with Crippen LogP contribution in [0.4, 0.5) is 0 Å². The maximum atomic E-state index is 5.78. The molecule has 1 N–H and O–H groups in total. The van der Waals surface area contributed by atoms with Crippen molar-refractivity contribution in [2.75, 3.05) is 26.8 Å². The van der Waals surface area contributed by atoms with Gasteiger partial charge in [-0.05, 0) is 39.7 Å². The summed E-state index contributed by atoms with van der Waals surface area (Å²) >= 11 is 0. The van der Waals surface area contributed by atoms with Crippen LogP contribution in [0.3, 0.4) is 0 Å². The number of ether oxygens (including phenoxy) is 2. The maximum absolute atomic E-state index is 5.78. The Morgan fingerprint density at radius 3 is 2.37 bits per heavy atom. The van der Waals surface area contributed by atoms with Crippen molar-refractivity contribution in [2.45, 2.75) is 69.4 Å². The molecular formula is C15H28N2O2. The van der Waals surface area contributed by atoms with E-state index < -0.39 is 0 Å². The molecule has 0 amide bonds. The molecule has 1 heterocycles. The SMILES string of the molecule is CC(CNC1CCC2(CC1)OCCO2)N(C)C1CC1. The normalized spacial score (nSPS) is 29.2. The standard InChI is InChI=1S/C15H28N2O2/c1-12(17(2)14-3-4-14)11-16-13-5-7-15(8-6-13)18-9-10-19-15/h12-14,16H,3-11H2,1-2H3. The summed E-state index contributed by atoms with van der Waals surface area (Å²) in [5.74, 6) is -0.214. The Morgan fingerprint density at radius 1 is 1.16 bits per heavy atom. The Labute approximate surface area is 116 Å². The molecule has 0 bridgehead atoms. The van der Waals surface area contributed by atoms with Gasteiger partial charge in [0.05, 0.1) is 13.2 Å². The second-order valence-corrected chi connectivity index (χ2v) is 6.54. The van der Waals surface area contributed by atoms with Gasteiger partial charge in [0.15, 0.2) is 5.79 Å². The summed E-state index contributed by atoms with van der Waals surface area (Å²) in [6.07, 6.45) is 7.25. The molecule has 19 heavy (non-hydrogen) atoms. The highest BCUT2D eigenvalue weighted by Crippen LogP contribution is 2.35. The lowest BCUT2D eigenvalue weighted by atomic mass is 9.90. The topological polar surface area (TPSA) is 33.7 Å². The summed E-state index contributed by atoms with van der Waals surface area (Å²) in [6, 6.07) is 2.14. The van der Waals surface area contributed by atoms with Crippen molar-refractivity contribution in [2.24, 2.45) is 0 Å². The zero-order chi connectivity index (χ0) is 13.3. The van der Waals surface area contributed by atoms with Crippen LogP contribution in [0.5, 0.6) is 0 Å². The van der Waals surface area contributed by atoms with Crippen LogP contribution < -0.4 is 5.32 Å². The van der Waals surface area contributed by atoms with Gasteiger partial charge in [0.25, 0.3) is 0 Å². The van der Waals surface area contributed by atoms with Crippen LogP contribution in [0.1, 0.15) is 45.4 Å². The predicted octanol–water partition coefficient (Wildman–Crippen LogP) is 1.74. The summed E-state index contributed by atoms with van der Waals surface area (Å²) in [5.41, 5.74) is 0. The molecule has 1 spiro atoms. The first-order chi connectivity index (χ1) is 9.19.